The van der Waals surface area contributed by atoms with Crippen LogP contribution in [0.1, 0.15) is 13.8 Å². The molecule has 100 valence electrons. The maximum atomic E-state index is 12.0. The van der Waals surface area contributed by atoms with E-state index in [-0.39, 0.29) is 30.9 Å². The highest BCUT2D eigenvalue weighted by molar-refractivity contribution is 5.83. The highest BCUT2D eigenvalue weighted by atomic mass is 16.2. The second-order valence-electron chi connectivity index (χ2n) is 4.43. The SMILES string of the molecule is CC(C)CN(CC(N)=O)C(=O)Cn1cnc(N)n1. The third-order valence-corrected chi connectivity index (χ3v) is 2.14. The predicted octanol–water partition coefficient (Wildman–Crippen LogP) is -1.17. The van der Waals surface area contributed by atoms with Crippen molar-refractivity contribution in [2.24, 2.45) is 11.7 Å². The van der Waals surface area contributed by atoms with Gasteiger partial charge in [0.05, 0.1) is 6.54 Å². The molecule has 4 N–H and O–H groups in total. The summed E-state index contributed by atoms with van der Waals surface area (Å²) in [5, 5.41) is 3.81. The van der Waals surface area contributed by atoms with Crippen LogP contribution in [0.25, 0.3) is 0 Å². The summed E-state index contributed by atoms with van der Waals surface area (Å²) in [6.45, 7) is 4.26. The lowest BCUT2D eigenvalue weighted by Crippen LogP contribution is -2.42. The van der Waals surface area contributed by atoms with Gasteiger partial charge in [0.2, 0.25) is 17.8 Å². The van der Waals surface area contributed by atoms with Crippen LogP contribution in [0.15, 0.2) is 6.33 Å². The van der Waals surface area contributed by atoms with Crippen molar-refractivity contribution < 1.29 is 9.59 Å². The lowest BCUT2D eigenvalue weighted by Gasteiger charge is -2.22. The fraction of sp³-hybridized carbons (Fsp3) is 0.600. The van der Waals surface area contributed by atoms with Crippen LogP contribution in [0.5, 0.6) is 0 Å². The van der Waals surface area contributed by atoms with Gasteiger partial charge in [0.1, 0.15) is 12.9 Å². The Bertz CT molecular complexity index is 428. The molecule has 1 aromatic rings. The second kappa shape index (κ2) is 5.99. The molecule has 0 atom stereocenters. The number of nitrogen functional groups attached to an aromatic ring is 1. The molecule has 18 heavy (non-hydrogen) atoms. The first-order chi connectivity index (χ1) is 8.38. The Morgan fingerprint density at radius 3 is 2.61 bits per heavy atom. The Morgan fingerprint density at radius 1 is 1.50 bits per heavy atom. The zero-order valence-electron chi connectivity index (χ0n) is 10.5. The van der Waals surface area contributed by atoms with Crippen LogP contribution in [0.4, 0.5) is 5.95 Å². The monoisotopic (exact) mass is 254 g/mol. The first-order valence-corrected chi connectivity index (χ1v) is 5.59. The number of nitrogens with two attached hydrogens (primary N) is 2. The van der Waals surface area contributed by atoms with E-state index in [1.54, 1.807) is 0 Å². The van der Waals surface area contributed by atoms with Crippen LogP contribution in [-0.2, 0) is 16.1 Å². The van der Waals surface area contributed by atoms with E-state index in [2.05, 4.69) is 10.1 Å². The quantitative estimate of drug-likeness (QED) is 0.662. The summed E-state index contributed by atoms with van der Waals surface area (Å²) in [5.74, 6) is -0.434. The van der Waals surface area contributed by atoms with Gasteiger partial charge < -0.3 is 16.4 Å². The molecule has 1 rings (SSSR count). The van der Waals surface area contributed by atoms with E-state index in [0.29, 0.717) is 6.54 Å². The Balaban J connectivity index is 2.66. The Hall–Kier alpha value is -2.12. The number of anilines is 1. The van der Waals surface area contributed by atoms with Crippen molar-refractivity contribution in [2.45, 2.75) is 20.4 Å². The normalized spacial score (nSPS) is 10.6. The summed E-state index contributed by atoms with van der Waals surface area (Å²) in [5.41, 5.74) is 10.5. The molecule has 0 saturated heterocycles. The van der Waals surface area contributed by atoms with Crippen molar-refractivity contribution in [1.82, 2.24) is 19.7 Å². The molecule has 0 radical (unpaired) electrons. The lowest BCUT2D eigenvalue weighted by molar-refractivity contribution is -0.136. The zero-order chi connectivity index (χ0) is 13.7. The van der Waals surface area contributed by atoms with Crippen molar-refractivity contribution in [1.29, 1.82) is 0 Å². The van der Waals surface area contributed by atoms with Gasteiger partial charge in [-0.2, -0.15) is 0 Å². The number of carbonyl (C=O) groups is 2. The summed E-state index contributed by atoms with van der Waals surface area (Å²) in [6.07, 6.45) is 1.37. The Kier molecular flexibility index (Phi) is 4.64. The van der Waals surface area contributed by atoms with Gasteiger partial charge in [0.15, 0.2) is 0 Å². The minimum absolute atomic E-state index is 0.00972. The van der Waals surface area contributed by atoms with Gasteiger partial charge in [-0.15, -0.1) is 5.10 Å². The smallest absolute Gasteiger partial charge is 0.244 e. The van der Waals surface area contributed by atoms with Gasteiger partial charge >= 0.3 is 0 Å². The van der Waals surface area contributed by atoms with Gasteiger partial charge in [-0.3, -0.25) is 9.59 Å². The predicted molar refractivity (Wildman–Crippen MR) is 65.0 cm³/mol. The van der Waals surface area contributed by atoms with Gasteiger partial charge in [0, 0.05) is 6.54 Å². The van der Waals surface area contributed by atoms with Crippen LogP contribution >= 0.6 is 0 Å². The first-order valence-electron chi connectivity index (χ1n) is 5.59. The molecular formula is C10H18N6O2. The van der Waals surface area contributed by atoms with Crippen LogP contribution in [0.2, 0.25) is 0 Å². The number of hydrogen-bond acceptors (Lipinski definition) is 5. The van der Waals surface area contributed by atoms with E-state index in [4.69, 9.17) is 11.5 Å². The topological polar surface area (TPSA) is 120 Å². The lowest BCUT2D eigenvalue weighted by atomic mass is 10.2. The molecule has 1 aromatic heterocycles. The average Bonchev–Trinajstić information content (AvgIpc) is 2.61. The number of aromatic nitrogens is 3. The molecule has 8 nitrogen and oxygen atoms in total. The zero-order valence-corrected chi connectivity index (χ0v) is 10.5. The van der Waals surface area contributed by atoms with Gasteiger partial charge in [-0.1, -0.05) is 13.8 Å². The molecule has 0 aliphatic carbocycles. The second-order valence-corrected chi connectivity index (χ2v) is 4.43. The number of primary amides is 1. The van der Waals surface area contributed by atoms with Gasteiger partial charge in [0.25, 0.3) is 0 Å². The number of hydrogen-bond donors (Lipinski definition) is 2. The molecule has 1 heterocycles. The molecule has 0 unspecified atom stereocenters. The van der Waals surface area contributed by atoms with Crippen LogP contribution in [0, 0.1) is 5.92 Å². The minimum atomic E-state index is -0.540. The highest BCUT2D eigenvalue weighted by Crippen LogP contribution is 2.01. The van der Waals surface area contributed by atoms with Crippen molar-refractivity contribution in [2.75, 3.05) is 18.8 Å². The fourth-order valence-corrected chi connectivity index (χ4v) is 1.51. The van der Waals surface area contributed by atoms with Crippen LogP contribution in [0.3, 0.4) is 0 Å². The first kappa shape index (κ1) is 13.9. The van der Waals surface area contributed by atoms with E-state index in [9.17, 15) is 9.59 Å². The van der Waals surface area contributed by atoms with Crippen LogP contribution < -0.4 is 11.5 Å². The average molecular weight is 254 g/mol. The summed E-state index contributed by atoms with van der Waals surface area (Å²) in [7, 11) is 0. The van der Waals surface area contributed by atoms with Gasteiger partial charge in [-0.05, 0) is 5.92 Å². The molecule has 0 spiro atoms. The molecule has 0 saturated carbocycles. The summed E-state index contributed by atoms with van der Waals surface area (Å²) in [4.78, 5) is 28.0. The summed E-state index contributed by atoms with van der Waals surface area (Å²) < 4.78 is 1.33. The van der Waals surface area contributed by atoms with E-state index >= 15 is 0 Å². The van der Waals surface area contributed by atoms with E-state index in [1.165, 1.54) is 15.9 Å². The number of amides is 2. The third kappa shape index (κ3) is 4.40. The summed E-state index contributed by atoms with van der Waals surface area (Å²) >= 11 is 0. The highest BCUT2D eigenvalue weighted by Gasteiger charge is 2.17. The van der Waals surface area contributed by atoms with Crippen molar-refractivity contribution >= 4 is 17.8 Å². The molecule has 0 bridgehead atoms. The number of nitrogens with zero attached hydrogens (tertiary/aromatic N) is 4. The van der Waals surface area contributed by atoms with E-state index < -0.39 is 5.91 Å². The minimum Gasteiger partial charge on any atom is -0.368 e. The van der Waals surface area contributed by atoms with E-state index in [0.717, 1.165) is 0 Å². The van der Waals surface area contributed by atoms with E-state index in [1.807, 2.05) is 13.8 Å². The molecule has 0 aliphatic heterocycles. The summed E-state index contributed by atoms with van der Waals surface area (Å²) in [6, 6.07) is 0. The maximum absolute atomic E-state index is 12.0. The standard InChI is InChI=1S/C10H18N6O2/c1-7(2)3-15(4-8(11)17)9(18)5-16-6-13-10(12)14-16/h6-7H,3-5H2,1-2H3,(H2,11,17)(H2,12,14). The molecule has 0 fully saturated rings. The van der Waals surface area contributed by atoms with Crippen molar-refractivity contribution in [3.05, 3.63) is 6.33 Å². The Labute approximate surface area is 105 Å². The molecular weight excluding hydrogens is 236 g/mol. The fourth-order valence-electron chi connectivity index (χ4n) is 1.51. The molecule has 0 aromatic carbocycles. The van der Waals surface area contributed by atoms with Crippen molar-refractivity contribution in [3.8, 4) is 0 Å². The largest absolute Gasteiger partial charge is 0.368 e. The molecule has 2 amide bonds. The molecule has 8 heteroatoms. The van der Waals surface area contributed by atoms with Crippen LogP contribution in [-0.4, -0.2) is 44.6 Å². The number of carbonyl (C=O) groups excluding carboxylic acids is 2. The maximum Gasteiger partial charge on any atom is 0.244 e. The Morgan fingerprint density at radius 2 is 2.17 bits per heavy atom. The third-order valence-electron chi connectivity index (χ3n) is 2.14. The number of rotatable bonds is 6. The molecule has 0 aliphatic rings. The van der Waals surface area contributed by atoms with Gasteiger partial charge in [-0.25, -0.2) is 9.67 Å². The van der Waals surface area contributed by atoms with Crippen molar-refractivity contribution in [3.63, 3.8) is 0 Å².